The van der Waals surface area contributed by atoms with Crippen molar-refractivity contribution in [3.8, 4) is 11.5 Å². The van der Waals surface area contributed by atoms with Crippen LogP contribution in [0.15, 0.2) is 60.9 Å². The molecule has 0 aliphatic heterocycles. The molecule has 0 spiro atoms. The summed E-state index contributed by atoms with van der Waals surface area (Å²) in [6, 6.07) is 16.2. The van der Waals surface area contributed by atoms with Crippen LogP contribution >= 0.6 is 0 Å². The van der Waals surface area contributed by atoms with Gasteiger partial charge in [-0.1, -0.05) is 53.7 Å². The number of carbonyl (C=O) groups excluding carboxylic acids is 6. The zero-order chi connectivity index (χ0) is 57.1. The number of ether oxygens (including phenoxy) is 4. The first-order valence-electron chi connectivity index (χ1n) is 26.2. The molecule has 6 rings (SSSR count). The van der Waals surface area contributed by atoms with Crippen molar-refractivity contribution in [2.45, 2.75) is 179 Å². The largest absolute Gasteiger partial charge is 1.00 e. The topological polar surface area (TPSA) is 231 Å². The van der Waals surface area contributed by atoms with Gasteiger partial charge in [0, 0.05) is 63.6 Å². The van der Waals surface area contributed by atoms with Gasteiger partial charge in [0.15, 0.2) is 6.29 Å². The van der Waals surface area contributed by atoms with Crippen LogP contribution in [-0.2, 0) is 54.4 Å². The molecule has 0 amide bonds. The minimum atomic E-state index is -0.639. The Morgan fingerprint density at radius 2 is 1.10 bits per heavy atom. The molecule has 17 nitrogen and oxygen atoms in total. The summed E-state index contributed by atoms with van der Waals surface area (Å²) in [6.07, 6.45) is 15.2. The first-order chi connectivity index (χ1) is 35.6. The van der Waals surface area contributed by atoms with Gasteiger partial charge < -0.3 is 42.7 Å². The van der Waals surface area contributed by atoms with Gasteiger partial charge in [0.1, 0.15) is 22.8 Å². The number of pyridine rings is 2. The zero-order valence-electron chi connectivity index (χ0n) is 48.4. The van der Waals surface area contributed by atoms with Crippen molar-refractivity contribution in [3.05, 3.63) is 72.3 Å². The van der Waals surface area contributed by atoms with E-state index in [4.69, 9.17) is 24.7 Å². The first-order valence-corrected chi connectivity index (χ1v) is 26.2. The van der Waals surface area contributed by atoms with Gasteiger partial charge in [-0.3, -0.25) is 29.1 Å². The maximum Gasteiger partial charge on any atom is 1.00 e. The molecule has 3 radical (unpaired) electrons. The van der Waals surface area contributed by atoms with E-state index in [1.54, 1.807) is 12.3 Å². The SMILES string of the molecule is CC(=O)OOC(C)=O.CC(C)(C)C1CCC(Oc2ccc3cc(C=O)ncc3c2)CC1.CC(C)(C)OC(=O)CCN.CCOC(=O)CCNCc1cc2ccc(OC3CCC(C(C)(C)C)CC3)cc2cn1.[B-]OC(C)=O.[Na+]. The number of benzene rings is 2. The molecule has 419 valence electrons. The summed E-state index contributed by atoms with van der Waals surface area (Å²) in [5, 5.41) is 7.52. The second kappa shape index (κ2) is 35.4. The van der Waals surface area contributed by atoms with Crippen LogP contribution in [0.2, 0.25) is 0 Å². The summed E-state index contributed by atoms with van der Waals surface area (Å²) in [5.41, 5.74) is 6.98. The molecule has 2 heterocycles. The second-order valence-electron chi connectivity index (χ2n) is 22.0. The van der Waals surface area contributed by atoms with Gasteiger partial charge in [0.05, 0.1) is 37.4 Å². The van der Waals surface area contributed by atoms with Crippen LogP contribution in [-0.4, -0.2) is 91.7 Å². The molecule has 0 saturated heterocycles. The molecule has 4 aromatic rings. The van der Waals surface area contributed by atoms with Gasteiger partial charge in [-0.25, -0.2) is 19.4 Å². The Bertz CT molecular complexity index is 2430. The minimum Gasteiger partial charge on any atom is -0.793 e. The van der Waals surface area contributed by atoms with Crippen LogP contribution in [0.4, 0.5) is 0 Å². The number of nitrogens with zero attached hydrogens (tertiary/aromatic N) is 2. The predicted octanol–water partition coefficient (Wildman–Crippen LogP) is 7.63. The second-order valence-corrected chi connectivity index (χ2v) is 22.0. The van der Waals surface area contributed by atoms with E-state index >= 15 is 0 Å². The molecular formula is C58H85BN4NaO13. The molecule has 0 unspecified atom stereocenters. The number of aromatic nitrogens is 2. The van der Waals surface area contributed by atoms with Crippen LogP contribution in [0.1, 0.15) is 170 Å². The molecule has 2 saturated carbocycles. The summed E-state index contributed by atoms with van der Waals surface area (Å²) >= 11 is 0. The third-order valence-electron chi connectivity index (χ3n) is 12.3. The van der Waals surface area contributed by atoms with Gasteiger partial charge in [-0.15, -0.1) is 0 Å². The molecule has 2 fully saturated rings. The fourth-order valence-electron chi connectivity index (χ4n) is 8.36. The monoisotopic (exact) mass is 1080 g/mol. The van der Waals surface area contributed by atoms with Crippen LogP contribution in [0, 0.1) is 22.7 Å². The van der Waals surface area contributed by atoms with Crippen molar-refractivity contribution >= 4 is 65.7 Å². The summed E-state index contributed by atoms with van der Waals surface area (Å²) in [6.45, 7) is 26.9. The number of rotatable bonds is 13. The molecule has 19 heteroatoms. The maximum atomic E-state index is 11.4. The van der Waals surface area contributed by atoms with E-state index in [-0.39, 0.29) is 47.1 Å². The van der Waals surface area contributed by atoms with Gasteiger partial charge in [-0.05, 0) is 149 Å². The summed E-state index contributed by atoms with van der Waals surface area (Å²) in [5.74, 6) is 1.28. The Morgan fingerprint density at radius 3 is 1.49 bits per heavy atom. The Labute approximate surface area is 480 Å². The van der Waals surface area contributed by atoms with Crippen molar-refractivity contribution in [2.24, 2.45) is 28.4 Å². The number of fused-ring (bicyclic) bond motifs is 2. The molecule has 0 bridgehead atoms. The molecule has 77 heavy (non-hydrogen) atoms. The van der Waals surface area contributed by atoms with Gasteiger partial charge in [0.2, 0.25) is 5.97 Å². The summed E-state index contributed by atoms with van der Waals surface area (Å²) in [7, 11) is 4.32. The van der Waals surface area contributed by atoms with Crippen LogP contribution in [0.3, 0.4) is 0 Å². The quantitative estimate of drug-likeness (QED) is 0.0327. The molecule has 3 N–H and O–H groups in total. The molecule has 2 aromatic heterocycles. The fourth-order valence-corrected chi connectivity index (χ4v) is 8.36. The Kier molecular flexibility index (Phi) is 32.1. The standard InChI is InChI=1S/C25H36N2O3.C20H25NO2.C7H15NO2.C4H6O4.C2H3BO2.Na/c1-5-29-24(28)12-13-26-17-21-14-18-6-9-23(15-19(18)16-27-21)30-22-10-7-20(8-11-22)25(2,3)4;1-20(2,3)16-5-8-18(9-6-16)23-19-7-4-14-10-17(13-22)21-12-15(14)11-19;1-7(2,3)10-6(9)4-5-8;1-3(5)7-8-4(2)6;1-2(4)5-3;/h6,9,14-16,20,22,26H,5,7-8,10-13,17H2,1-4H3;4,7,10-13,16,18H,5-6,8-9H2,1-3H3;4-5,8H2,1-3H3;1-2H3;1H3;/q;;;;-1;+1. The fraction of sp³-hybridized carbons (Fsp3) is 0.586. The number of hydrogen-bond donors (Lipinski definition) is 2. The average molecular weight is 1080 g/mol. The van der Waals surface area contributed by atoms with Crippen molar-refractivity contribution < 1.29 is 91.7 Å². The smallest absolute Gasteiger partial charge is 0.793 e. The molecular weight excluding hydrogens is 994 g/mol. The number of hydrogen-bond acceptors (Lipinski definition) is 17. The Balaban J connectivity index is 0.000000553. The number of nitrogens with one attached hydrogen (secondary N) is 1. The van der Waals surface area contributed by atoms with E-state index in [9.17, 15) is 28.8 Å². The van der Waals surface area contributed by atoms with Crippen LogP contribution in [0.25, 0.3) is 21.5 Å². The average Bonchev–Trinajstić information content (AvgIpc) is 3.34. The third kappa shape index (κ3) is 30.0. The van der Waals surface area contributed by atoms with Crippen molar-refractivity contribution in [1.29, 1.82) is 0 Å². The first kappa shape index (κ1) is 69.9. The van der Waals surface area contributed by atoms with E-state index in [0.29, 0.717) is 67.8 Å². The van der Waals surface area contributed by atoms with E-state index < -0.39 is 17.9 Å². The van der Waals surface area contributed by atoms with Gasteiger partial charge >= 0.3 is 53.4 Å². The predicted molar refractivity (Wildman–Crippen MR) is 294 cm³/mol. The van der Waals surface area contributed by atoms with E-state index in [1.165, 1.54) is 32.6 Å². The van der Waals surface area contributed by atoms with E-state index in [1.807, 2.05) is 52.1 Å². The van der Waals surface area contributed by atoms with Crippen molar-refractivity contribution in [1.82, 2.24) is 15.3 Å². The molecule has 2 aromatic carbocycles. The normalized spacial score (nSPS) is 16.9. The van der Waals surface area contributed by atoms with Crippen molar-refractivity contribution in [2.75, 3.05) is 19.7 Å². The molecule has 2 aliphatic rings. The number of nitrogens with two attached hydrogens (primary N) is 1. The van der Waals surface area contributed by atoms with Crippen LogP contribution < -0.4 is 50.1 Å². The zero-order valence-corrected chi connectivity index (χ0v) is 50.4. The van der Waals surface area contributed by atoms with E-state index in [2.05, 4.69) is 104 Å². The molecule has 2 aliphatic carbocycles. The molecule has 0 atom stereocenters. The Hall–Kier alpha value is -5.14. The van der Waals surface area contributed by atoms with Gasteiger partial charge in [0.25, 0.3) is 0 Å². The Morgan fingerprint density at radius 1 is 0.649 bits per heavy atom. The van der Waals surface area contributed by atoms with E-state index in [0.717, 1.165) is 96.4 Å². The summed E-state index contributed by atoms with van der Waals surface area (Å²) < 4.78 is 26.0. The number of carbonyl (C=O) groups is 6. The maximum absolute atomic E-state index is 11.4. The number of esters is 2. The van der Waals surface area contributed by atoms with Crippen molar-refractivity contribution in [3.63, 3.8) is 0 Å². The van der Waals surface area contributed by atoms with Gasteiger partial charge in [-0.2, -0.15) is 0 Å². The summed E-state index contributed by atoms with van der Waals surface area (Å²) in [4.78, 5) is 78.4. The third-order valence-corrected chi connectivity index (χ3v) is 12.3. The minimum absolute atomic E-state index is 0. The van der Waals surface area contributed by atoms with Crippen LogP contribution in [0.5, 0.6) is 11.5 Å². The number of aldehydes is 1.